The average Bonchev–Trinajstić information content (AvgIpc) is 2.74. The van der Waals surface area contributed by atoms with Crippen LogP contribution in [0.25, 0.3) is 6.08 Å². The van der Waals surface area contributed by atoms with Crippen LogP contribution in [0.15, 0.2) is 23.9 Å². The topological polar surface area (TPSA) is 139 Å². The van der Waals surface area contributed by atoms with Crippen LogP contribution < -0.4 is 5.32 Å². The number of phenols is 1. The van der Waals surface area contributed by atoms with Gasteiger partial charge in [0.25, 0.3) is 11.6 Å². The summed E-state index contributed by atoms with van der Waals surface area (Å²) in [7, 11) is 1.10. The molecule has 0 saturated carbocycles. The molecule has 3 amide bonds. The molecule has 1 fully saturated rings. The minimum Gasteiger partial charge on any atom is -0.508 e. The van der Waals surface area contributed by atoms with E-state index in [0.717, 1.165) is 31.4 Å². The number of phenolic OH excluding ortho intramolecular Hbond substituents is 1. The molecule has 1 aromatic rings. The summed E-state index contributed by atoms with van der Waals surface area (Å²) in [6.45, 7) is -0.583. The number of aromatic hydroxyl groups is 1. The molecule has 0 spiro atoms. The third-order valence-corrected chi connectivity index (χ3v) is 2.98. The van der Waals surface area contributed by atoms with Crippen molar-refractivity contribution in [2.75, 3.05) is 13.7 Å². The molecule has 0 aliphatic carbocycles. The number of carbonyl (C=O) groups is 3. The SMILES string of the molecule is COC(=O)CN1C(=O)N/C(=C/c2cc(O)ccc2[N+](=O)[O-])C1=O. The number of benzene rings is 1. The number of nitro benzene ring substituents is 1. The van der Waals surface area contributed by atoms with Gasteiger partial charge in [0.15, 0.2) is 0 Å². The summed E-state index contributed by atoms with van der Waals surface area (Å²) in [4.78, 5) is 45.8. The largest absolute Gasteiger partial charge is 0.508 e. The molecule has 1 aromatic carbocycles. The Bertz CT molecular complexity index is 741. The highest BCUT2D eigenvalue weighted by molar-refractivity contribution is 6.15. The van der Waals surface area contributed by atoms with Crippen molar-refractivity contribution < 1.29 is 29.2 Å². The maximum atomic E-state index is 12.1. The van der Waals surface area contributed by atoms with Gasteiger partial charge in [-0.25, -0.2) is 9.69 Å². The smallest absolute Gasteiger partial charge is 0.329 e. The predicted octanol–water partition coefficient (Wildman–Crippen LogP) is 0.366. The highest BCUT2D eigenvalue weighted by Crippen LogP contribution is 2.26. The van der Waals surface area contributed by atoms with Crippen LogP contribution in [0.2, 0.25) is 0 Å². The van der Waals surface area contributed by atoms with Crippen LogP contribution in [0.5, 0.6) is 5.75 Å². The number of rotatable bonds is 4. The monoisotopic (exact) mass is 321 g/mol. The molecule has 1 aliphatic rings. The second-order valence-electron chi connectivity index (χ2n) is 4.46. The molecular weight excluding hydrogens is 310 g/mol. The van der Waals surface area contributed by atoms with Crippen molar-refractivity contribution in [3.8, 4) is 5.75 Å². The van der Waals surface area contributed by atoms with Crippen LogP contribution in [0, 0.1) is 10.1 Å². The number of urea groups is 1. The molecule has 10 heteroatoms. The van der Waals surface area contributed by atoms with E-state index in [9.17, 15) is 29.6 Å². The molecule has 0 atom stereocenters. The fraction of sp³-hybridized carbons (Fsp3) is 0.154. The fourth-order valence-corrected chi connectivity index (χ4v) is 1.89. The number of nitrogens with zero attached hydrogens (tertiary/aromatic N) is 2. The lowest BCUT2D eigenvalue weighted by molar-refractivity contribution is -0.385. The Morgan fingerprint density at radius 2 is 2.17 bits per heavy atom. The number of hydrogen-bond acceptors (Lipinski definition) is 7. The Morgan fingerprint density at radius 3 is 2.78 bits per heavy atom. The summed E-state index contributed by atoms with van der Waals surface area (Å²) < 4.78 is 4.37. The zero-order valence-electron chi connectivity index (χ0n) is 11.8. The van der Waals surface area contributed by atoms with E-state index in [1.54, 1.807) is 0 Å². The summed E-state index contributed by atoms with van der Waals surface area (Å²) in [6.07, 6.45) is 1.05. The van der Waals surface area contributed by atoms with Crippen molar-refractivity contribution in [2.45, 2.75) is 0 Å². The van der Waals surface area contributed by atoms with E-state index < -0.39 is 29.4 Å². The maximum absolute atomic E-state index is 12.1. The van der Waals surface area contributed by atoms with Crippen molar-refractivity contribution in [3.05, 3.63) is 39.6 Å². The fourth-order valence-electron chi connectivity index (χ4n) is 1.89. The average molecular weight is 321 g/mol. The molecule has 0 bridgehead atoms. The Hall–Kier alpha value is -3.43. The molecule has 1 saturated heterocycles. The van der Waals surface area contributed by atoms with E-state index in [2.05, 4.69) is 10.1 Å². The molecule has 0 radical (unpaired) electrons. The zero-order chi connectivity index (χ0) is 17.1. The van der Waals surface area contributed by atoms with Gasteiger partial charge in [-0.1, -0.05) is 0 Å². The van der Waals surface area contributed by atoms with Crippen molar-refractivity contribution in [3.63, 3.8) is 0 Å². The van der Waals surface area contributed by atoms with Crippen LogP contribution in [-0.4, -0.2) is 46.5 Å². The predicted molar refractivity (Wildman–Crippen MR) is 75.0 cm³/mol. The number of hydrogen-bond donors (Lipinski definition) is 2. The first kappa shape index (κ1) is 15.9. The van der Waals surface area contributed by atoms with Crippen LogP contribution in [0.1, 0.15) is 5.56 Å². The Labute approximate surface area is 129 Å². The van der Waals surface area contributed by atoms with Crippen molar-refractivity contribution in [1.29, 1.82) is 0 Å². The van der Waals surface area contributed by atoms with Gasteiger partial charge in [0.2, 0.25) is 0 Å². The first-order chi connectivity index (χ1) is 10.8. The van der Waals surface area contributed by atoms with E-state index in [-0.39, 0.29) is 22.7 Å². The van der Waals surface area contributed by atoms with E-state index in [0.29, 0.717) is 4.90 Å². The molecule has 1 aliphatic heterocycles. The van der Waals surface area contributed by atoms with Crippen LogP contribution in [0.3, 0.4) is 0 Å². The number of ether oxygens (including phenoxy) is 1. The van der Waals surface area contributed by atoms with E-state index in [4.69, 9.17) is 0 Å². The Balaban J connectivity index is 2.36. The number of nitro groups is 1. The van der Waals surface area contributed by atoms with Crippen molar-refractivity contribution in [2.24, 2.45) is 0 Å². The highest BCUT2D eigenvalue weighted by atomic mass is 16.6. The maximum Gasteiger partial charge on any atom is 0.329 e. The molecule has 120 valence electrons. The highest BCUT2D eigenvalue weighted by Gasteiger charge is 2.35. The van der Waals surface area contributed by atoms with Crippen LogP contribution in [-0.2, 0) is 14.3 Å². The van der Waals surface area contributed by atoms with Gasteiger partial charge in [-0.05, 0) is 18.2 Å². The summed E-state index contributed by atoms with van der Waals surface area (Å²) in [5, 5.41) is 22.6. The molecule has 10 nitrogen and oxygen atoms in total. The normalized spacial score (nSPS) is 15.7. The van der Waals surface area contributed by atoms with Gasteiger partial charge >= 0.3 is 12.0 Å². The number of amides is 3. The van der Waals surface area contributed by atoms with E-state index in [1.807, 2.05) is 0 Å². The summed E-state index contributed by atoms with van der Waals surface area (Å²) in [5.74, 6) is -1.87. The Morgan fingerprint density at radius 1 is 1.48 bits per heavy atom. The molecular formula is C13H11N3O7. The van der Waals surface area contributed by atoms with Gasteiger partial charge in [-0.3, -0.25) is 19.7 Å². The molecule has 1 heterocycles. The van der Waals surface area contributed by atoms with Gasteiger partial charge in [0, 0.05) is 6.07 Å². The van der Waals surface area contributed by atoms with Crippen LogP contribution in [0.4, 0.5) is 10.5 Å². The number of imide groups is 1. The van der Waals surface area contributed by atoms with Gasteiger partial charge in [0.05, 0.1) is 17.6 Å². The third-order valence-electron chi connectivity index (χ3n) is 2.98. The summed E-state index contributed by atoms with van der Waals surface area (Å²) >= 11 is 0. The standard InChI is InChI=1S/C13H11N3O7/c1-23-11(18)6-15-12(19)9(14-13(15)20)5-7-4-8(17)2-3-10(7)16(21)22/h2-5,17H,6H2,1H3,(H,14,20)/b9-5+. The van der Waals surface area contributed by atoms with E-state index in [1.165, 1.54) is 0 Å². The lowest BCUT2D eigenvalue weighted by atomic mass is 10.1. The molecule has 2 rings (SSSR count). The Kier molecular flexibility index (Phi) is 4.25. The minimum atomic E-state index is -0.852. The van der Waals surface area contributed by atoms with Crippen molar-refractivity contribution in [1.82, 2.24) is 10.2 Å². The molecule has 23 heavy (non-hydrogen) atoms. The second-order valence-corrected chi connectivity index (χ2v) is 4.46. The quantitative estimate of drug-likeness (QED) is 0.268. The molecule has 0 unspecified atom stereocenters. The number of carbonyl (C=O) groups excluding carboxylic acids is 3. The first-order valence-corrected chi connectivity index (χ1v) is 6.22. The lowest BCUT2D eigenvalue weighted by Gasteiger charge is -2.09. The number of nitrogens with one attached hydrogen (secondary N) is 1. The minimum absolute atomic E-state index is 0.0708. The third kappa shape index (κ3) is 3.26. The van der Waals surface area contributed by atoms with Crippen LogP contribution >= 0.6 is 0 Å². The molecule has 0 aromatic heterocycles. The van der Waals surface area contributed by atoms with Gasteiger partial charge in [0.1, 0.15) is 18.0 Å². The molecule has 2 N–H and O–H groups in total. The summed E-state index contributed by atoms with van der Waals surface area (Å²) in [6, 6.07) is 2.41. The van der Waals surface area contributed by atoms with Gasteiger partial charge in [-0.15, -0.1) is 0 Å². The summed E-state index contributed by atoms with van der Waals surface area (Å²) in [5.41, 5.74) is -0.685. The second kappa shape index (κ2) is 6.13. The van der Waals surface area contributed by atoms with Gasteiger partial charge in [-0.2, -0.15) is 0 Å². The van der Waals surface area contributed by atoms with E-state index >= 15 is 0 Å². The van der Waals surface area contributed by atoms with Gasteiger partial charge < -0.3 is 15.2 Å². The van der Waals surface area contributed by atoms with Crippen molar-refractivity contribution >= 4 is 29.7 Å². The number of methoxy groups -OCH3 is 1. The first-order valence-electron chi connectivity index (χ1n) is 6.22. The lowest BCUT2D eigenvalue weighted by Crippen LogP contribution is -2.36. The zero-order valence-corrected chi connectivity index (χ0v) is 11.8. The number of esters is 1.